The number of rotatable bonds is 5. The van der Waals surface area contributed by atoms with Gasteiger partial charge in [0, 0.05) is 12.6 Å². The fourth-order valence-electron chi connectivity index (χ4n) is 2.30. The molecule has 0 aromatic heterocycles. The van der Waals surface area contributed by atoms with Gasteiger partial charge in [0.1, 0.15) is 5.75 Å². The smallest absolute Gasteiger partial charge is 0.261 e. The van der Waals surface area contributed by atoms with Crippen LogP contribution in [0.15, 0.2) is 24.3 Å². The van der Waals surface area contributed by atoms with E-state index in [0.29, 0.717) is 5.92 Å². The van der Waals surface area contributed by atoms with Crippen molar-refractivity contribution in [3.63, 3.8) is 0 Å². The van der Waals surface area contributed by atoms with E-state index in [1.807, 2.05) is 18.2 Å². The van der Waals surface area contributed by atoms with E-state index in [1.54, 1.807) is 6.92 Å². The fraction of sp³-hybridized carbons (Fsp3) is 0.562. The molecular formula is C16H24N2O2. The van der Waals surface area contributed by atoms with E-state index in [2.05, 4.69) is 30.5 Å². The summed E-state index contributed by atoms with van der Waals surface area (Å²) in [5, 5.41) is 6.24. The lowest BCUT2D eigenvalue weighted by molar-refractivity contribution is -0.127. The lowest BCUT2D eigenvalue weighted by atomic mass is 10.0. The van der Waals surface area contributed by atoms with Gasteiger partial charge in [-0.3, -0.25) is 4.79 Å². The molecule has 4 nitrogen and oxygen atoms in total. The van der Waals surface area contributed by atoms with Gasteiger partial charge in [0.2, 0.25) is 0 Å². The number of carbonyl (C=O) groups is 1. The van der Waals surface area contributed by atoms with Gasteiger partial charge in [-0.2, -0.15) is 0 Å². The summed E-state index contributed by atoms with van der Waals surface area (Å²) in [5.74, 6) is 1.16. The lowest BCUT2D eigenvalue weighted by Gasteiger charge is -2.18. The summed E-state index contributed by atoms with van der Waals surface area (Å²) >= 11 is 0. The van der Waals surface area contributed by atoms with Gasteiger partial charge in [0.05, 0.1) is 0 Å². The third-order valence-electron chi connectivity index (χ3n) is 3.61. The molecule has 2 atom stereocenters. The Labute approximate surface area is 120 Å². The van der Waals surface area contributed by atoms with Crippen molar-refractivity contribution in [3.8, 4) is 5.75 Å². The van der Waals surface area contributed by atoms with Gasteiger partial charge >= 0.3 is 0 Å². The molecule has 1 aliphatic rings. The molecule has 1 heterocycles. The van der Waals surface area contributed by atoms with E-state index in [0.717, 1.165) is 25.3 Å². The van der Waals surface area contributed by atoms with E-state index in [9.17, 15) is 4.79 Å². The predicted octanol–water partition coefficient (Wildman–Crippen LogP) is 2.06. The highest BCUT2D eigenvalue weighted by atomic mass is 16.5. The number of nitrogens with one attached hydrogen (secondary N) is 2. The zero-order chi connectivity index (χ0) is 14.5. The predicted molar refractivity (Wildman–Crippen MR) is 80.0 cm³/mol. The first-order chi connectivity index (χ1) is 9.56. The third kappa shape index (κ3) is 3.97. The molecule has 110 valence electrons. The van der Waals surface area contributed by atoms with Crippen molar-refractivity contribution in [1.82, 2.24) is 10.6 Å². The zero-order valence-corrected chi connectivity index (χ0v) is 12.5. The molecule has 0 saturated carbocycles. The quantitative estimate of drug-likeness (QED) is 0.865. The average molecular weight is 276 g/mol. The van der Waals surface area contributed by atoms with Crippen molar-refractivity contribution in [2.45, 2.75) is 45.3 Å². The highest BCUT2D eigenvalue weighted by Gasteiger charge is 2.21. The van der Waals surface area contributed by atoms with Crippen LogP contribution in [0.5, 0.6) is 5.75 Å². The van der Waals surface area contributed by atoms with Crippen LogP contribution in [0, 0.1) is 0 Å². The minimum Gasteiger partial charge on any atom is -0.481 e. The normalized spacial score (nSPS) is 19.9. The molecule has 1 fully saturated rings. The van der Waals surface area contributed by atoms with Crippen LogP contribution in [0.4, 0.5) is 0 Å². The van der Waals surface area contributed by atoms with Crippen molar-refractivity contribution >= 4 is 5.91 Å². The van der Waals surface area contributed by atoms with Gasteiger partial charge in [-0.1, -0.05) is 26.0 Å². The molecule has 20 heavy (non-hydrogen) atoms. The van der Waals surface area contributed by atoms with Gasteiger partial charge < -0.3 is 15.4 Å². The number of ether oxygens (including phenoxy) is 1. The number of hydrogen-bond donors (Lipinski definition) is 2. The molecule has 1 amide bonds. The molecule has 0 bridgehead atoms. The molecule has 2 unspecified atom stereocenters. The molecule has 1 aromatic carbocycles. The Morgan fingerprint density at radius 1 is 1.40 bits per heavy atom. The molecule has 0 radical (unpaired) electrons. The topological polar surface area (TPSA) is 50.4 Å². The van der Waals surface area contributed by atoms with Crippen LogP contribution in [0.1, 0.15) is 38.7 Å². The van der Waals surface area contributed by atoms with Crippen molar-refractivity contribution in [1.29, 1.82) is 0 Å². The Morgan fingerprint density at radius 2 is 2.20 bits per heavy atom. The van der Waals surface area contributed by atoms with E-state index < -0.39 is 6.10 Å². The Balaban J connectivity index is 1.91. The van der Waals surface area contributed by atoms with Crippen LogP contribution in [0.25, 0.3) is 0 Å². The molecule has 0 spiro atoms. The number of amides is 1. The first kappa shape index (κ1) is 14.9. The van der Waals surface area contributed by atoms with Crippen LogP contribution in [-0.4, -0.2) is 31.1 Å². The molecular weight excluding hydrogens is 252 g/mol. The molecule has 2 N–H and O–H groups in total. The Morgan fingerprint density at radius 3 is 2.85 bits per heavy atom. The molecule has 1 aromatic rings. The van der Waals surface area contributed by atoms with Crippen LogP contribution in [0.3, 0.4) is 0 Å². The van der Waals surface area contributed by atoms with Gasteiger partial charge in [-0.25, -0.2) is 0 Å². The maximum absolute atomic E-state index is 12.1. The second kappa shape index (κ2) is 6.75. The minimum absolute atomic E-state index is 0.0475. The highest BCUT2D eigenvalue weighted by Crippen LogP contribution is 2.21. The Bertz CT molecular complexity index is 454. The first-order valence-corrected chi connectivity index (χ1v) is 7.34. The minimum atomic E-state index is -0.474. The number of benzene rings is 1. The van der Waals surface area contributed by atoms with E-state index in [4.69, 9.17) is 4.74 Å². The zero-order valence-electron chi connectivity index (χ0n) is 12.5. The molecule has 1 saturated heterocycles. The summed E-state index contributed by atoms with van der Waals surface area (Å²) in [6.07, 6.45) is 0.513. The summed E-state index contributed by atoms with van der Waals surface area (Å²) in [4.78, 5) is 12.1. The van der Waals surface area contributed by atoms with Crippen LogP contribution >= 0.6 is 0 Å². The summed E-state index contributed by atoms with van der Waals surface area (Å²) < 4.78 is 5.74. The summed E-state index contributed by atoms with van der Waals surface area (Å²) in [7, 11) is 0. The maximum atomic E-state index is 12.1. The molecule has 2 rings (SSSR count). The van der Waals surface area contributed by atoms with Gasteiger partial charge in [-0.05, 0) is 43.5 Å². The van der Waals surface area contributed by atoms with Gasteiger partial charge in [0.25, 0.3) is 5.91 Å². The first-order valence-electron chi connectivity index (χ1n) is 7.34. The van der Waals surface area contributed by atoms with Crippen molar-refractivity contribution in [3.05, 3.63) is 29.8 Å². The monoisotopic (exact) mass is 276 g/mol. The highest BCUT2D eigenvalue weighted by molar-refractivity contribution is 5.81. The number of hydrogen-bond acceptors (Lipinski definition) is 3. The van der Waals surface area contributed by atoms with Crippen molar-refractivity contribution in [2.24, 2.45) is 0 Å². The Hall–Kier alpha value is -1.55. The van der Waals surface area contributed by atoms with Gasteiger partial charge in [0.15, 0.2) is 6.10 Å². The van der Waals surface area contributed by atoms with Gasteiger partial charge in [-0.15, -0.1) is 0 Å². The van der Waals surface area contributed by atoms with Crippen LogP contribution in [-0.2, 0) is 4.79 Å². The standard InChI is InChI=1S/C16H24N2O2/c1-11(2)13-5-4-6-15(9-13)20-12(3)16(19)18-14-7-8-17-10-14/h4-6,9,11-12,14,17H,7-8,10H2,1-3H3,(H,18,19). The third-order valence-corrected chi connectivity index (χ3v) is 3.61. The second-order valence-corrected chi connectivity index (χ2v) is 5.69. The van der Waals surface area contributed by atoms with Crippen LogP contribution < -0.4 is 15.4 Å². The lowest BCUT2D eigenvalue weighted by Crippen LogP contribution is -2.43. The van der Waals surface area contributed by atoms with E-state index in [1.165, 1.54) is 5.56 Å². The van der Waals surface area contributed by atoms with E-state index in [-0.39, 0.29) is 11.9 Å². The fourth-order valence-corrected chi connectivity index (χ4v) is 2.30. The second-order valence-electron chi connectivity index (χ2n) is 5.69. The molecule has 4 heteroatoms. The molecule has 0 aliphatic carbocycles. The summed E-state index contributed by atoms with van der Waals surface area (Å²) in [6.45, 7) is 7.89. The SMILES string of the molecule is CC(Oc1cccc(C(C)C)c1)C(=O)NC1CCNC1. The largest absolute Gasteiger partial charge is 0.481 e. The summed E-state index contributed by atoms with van der Waals surface area (Å²) in [5.41, 5.74) is 1.22. The van der Waals surface area contributed by atoms with Crippen molar-refractivity contribution < 1.29 is 9.53 Å². The molecule has 1 aliphatic heterocycles. The number of carbonyl (C=O) groups excluding carboxylic acids is 1. The average Bonchev–Trinajstić information content (AvgIpc) is 2.91. The van der Waals surface area contributed by atoms with E-state index >= 15 is 0 Å². The Kier molecular flexibility index (Phi) is 5.01. The van der Waals surface area contributed by atoms with Crippen molar-refractivity contribution in [2.75, 3.05) is 13.1 Å². The summed E-state index contributed by atoms with van der Waals surface area (Å²) in [6, 6.07) is 8.18. The maximum Gasteiger partial charge on any atom is 0.261 e. The van der Waals surface area contributed by atoms with Crippen LogP contribution in [0.2, 0.25) is 0 Å².